The summed E-state index contributed by atoms with van der Waals surface area (Å²) >= 11 is 0. The molecule has 0 bridgehead atoms. The molecule has 2 aliphatic heterocycles. The lowest BCUT2D eigenvalue weighted by atomic mass is 10.1. The van der Waals surface area contributed by atoms with E-state index in [2.05, 4.69) is 0 Å². The number of furan rings is 1. The highest BCUT2D eigenvalue weighted by molar-refractivity contribution is 5.99. The van der Waals surface area contributed by atoms with Crippen LogP contribution in [0.1, 0.15) is 29.0 Å². The Morgan fingerprint density at radius 1 is 1.08 bits per heavy atom. The molecule has 2 aromatic rings. The molecule has 2 saturated heterocycles. The standard InChI is InChI=1S/C19H22N2O4/c1-13-14-5-2-3-6-15(14)25-17(13)19(23)21-10-8-20(9-11-21)18(22)16-7-4-12-24-16/h2-3,5-6,16H,4,7-12H2,1H3/t16-/m0/s1. The Bertz CT molecular complexity index is 799. The lowest BCUT2D eigenvalue weighted by Gasteiger charge is -2.35. The van der Waals surface area contributed by atoms with Gasteiger partial charge in [-0.05, 0) is 25.8 Å². The third-order valence-corrected chi connectivity index (χ3v) is 5.12. The van der Waals surface area contributed by atoms with Crippen molar-refractivity contribution >= 4 is 22.8 Å². The van der Waals surface area contributed by atoms with Crippen LogP contribution in [0.4, 0.5) is 0 Å². The molecule has 3 heterocycles. The Hall–Kier alpha value is -2.34. The predicted molar refractivity (Wildman–Crippen MR) is 92.4 cm³/mol. The second-order valence-corrected chi connectivity index (χ2v) is 6.67. The van der Waals surface area contributed by atoms with Crippen molar-refractivity contribution in [1.82, 2.24) is 9.80 Å². The highest BCUT2D eigenvalue weighted by Crippen LogP contribution is 2.26. The number of rotatable bonds is 2. The summed E-state index contributed by atoms with van der Waals surface area (Å²) in [5.41, 5.74) is 1.61. The molecule has 6 heteroatoms. The van der Waals surface area contributed by atoms with Crippen LogP contribution in [-0.4, -0.2) is 60.5 Å². The number of para-hydroxylation sites is 1. The van der Waals surface area contributed by atoms with Gasteiger partial charge in [0, 0.05) is 43.7 Å². The van der Waals surface area contributed by atoms with Gasteiger partial charge in [-0.15, -0.1) is 0 Å². The average Bonchev–Trinajstić information content (AvgIpc) is 3.30. The first-order valence-electron chi connectivity index (χ1n) is 8.83. The molecule has 1 aromatic carbocycles. The number of aryl methyl sites for hydroxylation is 1. The molecule has 25 heavy (non-hydrogen) atoms. The van der Waals surface area contributed by atoms with Crippen molar-refractivity contribution in [1.29, 1.82) is 0 Å². The van der Waals surface area contributed by atoms with Crippen LogP contribution in [0.2, 0.25) is 0 Å². The number of hydrogen-bond acceptors (Lipinski definition) is 4. The minimum atomic E-state index is -0.292. The van der Waals surface area contributed by atoms with Gasteiger partial charge in [0.2, 0.25) is 0 Å². The van der Waals surface area contributed by atoms with Crippen LogP contribution in [-0.2, 0) is 9.53 Å². The van der Waals surface area contributed by atoms with E-state index in [-0.39, 0.29) is 17.9 Å². The number of carbonyl (C=O) groups is 2. The summed E-state index contributed by atoms with van der Waals surface area (Å²) in [6.45, 7) is 4.71. The van der Waals surface area contributed by atoms with Crippen LogP contribution in [0.25, 0.3) is 11.0 Å². The summed E-state index contributed by atoms with van der Waals surface area (Å²) in [5, 5.41) is 0.970. The molecular weight excluding hydrogens is 320 g/mol. The zero-order valence-electron chi connectivity index (χ0n) is 14.4. The van der Waals surface area contributed by atoms with Crippen molar-refractivity contribution in [3.8, 4) is 0 Å². The van der Waals surface area contributed by atoms with E-state index in [4.69, 9.17) is 9.15 Å². The number of fused-ring (bicyclic) bond motifs is 1. The summed E-state index contributed by atoms with van der Waals surface area (Å²) in [6, 6.07) is 7.67. The number of benzene rings is 1. The van der Waals surface area contributed by atoms with E-state index in [1.54, 1.807) is 4.90 Å². The van der Waals surface area contributed by atoms with Gasteiger partial charge in [-0.2, -0.15) is 0 Å². The number of ether oxygens (including phenoxy) is 1. The van der Waals surface area contributed by atoms with E-state index < -0.39 is 0 Å². The SMILES string of the molecule is Cc1c(C(=O)N2CCN(C(=O)[C@@H]3CCCO3)CC2)oc2ccccc12. The molecule has 4 rings (SSSR count). The van der Waals surface area contributed by atoms with Crippen molar-refractivity contribution in [2.45, 2.75) is 25.9 Å². The lowest BCUT2D eigenvalue weighted by Crippen LogP contribution is -2.52. The van der Waals surface area contributed by atoms with Gasteiger partial charge in [-0.1, -0.05) is 18.2 Å². The summed E-state index contributed by atoms with van der Waals surface area (Å²) in [4.78, 5) is 28.8. The summed E-state index contributed by atoms with van der Waals surface area (Å²) < 4.78 is 11.3. The second kappa shape index (κ2) is 6.52. The van der Waals surface area contributed by atoms with Crippen LogP contribution >= 0.6 is 0 Å². The van der Waals surface area contributed by atoms with Gasteiger partial charge in [-0.25, -0.2) is 0 Å². The van der Waals surface area contributed by atoms with Gasteiger partial charge in [0.25, 0.3) is 11.8 Å². The molecular formula is C19H22N2O4. The highest BCUT2D eigenvalue weighted by atomic mass is 16.5. The number of amides is 2. The van der Waals surface area contributed by atoms with Gasteiger partial charge >= 0.3 is 0 Å². The Morgan fingerprint density at radius 2 is 1.80 bits per heavy atom. The van der Waals surface area contributed by atoms with E-state index in [0.29, 0.717) is 38.5 Å². The molecule has 132 valence electrons. The molecule has 0 saturated carbocycles. The van der Waals surface area contributed by atoms with Crippen LogP contribution in [0.5, 0.6) is 0 Å². The number of carbonyl (C=O) groups excluding carboxylic acids is 2. The van der Waals surface area contributed by atoms with Crippen molar-refractivity contribution in [3.63, 3.8) is 0 Å². The van der Waals surface area contributed by atoms with Gasteiger partial charge in [0.15, 0.2) is 5.76 Å². The third kappa shape index (κ3) is 2.91. The topological polar surface area (TPSA) is 63.0 Å². The Balaban J connectivity index is 1.44. The molecule has 2 aliphatic rings. The van der Waals surface area contributed by atoms with Crippen molar-refractivity contribution in [3.05, 3.63) is 35.6 Å². The fourth-order valence-electron chi connectivity index (χ4n) is 3.63. The zero-order valence-corrected chi connectivity index (χ0v) is 14.4. The van der Waals surface area contributed by atoms with E-state index in [0.717, 1.165) is 29.4 Å². The number of piperazine rings is 1. The van der Waals surface area contributed by atoms with Gasteiger partial charge in [0.1, 0.15) is 11.7 Å². The van der Waals surface area contributed by atoms with E-state index >= 15 is 0 Å². The molecule has 0 radical (unpaired) electrons. The summed E-state index contributed by atoms with van der Waals surface area (Å²) in [7, 11) is 0. The number of nitrogens with zero attached hydrogens (tertiary/aromatic N) is 2. The lowest BCUT2D eigenvalue weighted by molar-refractivity contribution is -0.142. The molecule has 2 amide bonds. The second-order valence-electron chi connectivity index (χ2n) is 6.67. The smallest absolute Gasteiger partial charge is 0.290 e. The maximum atomic E-state index is 12.8. The number of hydrogen-bond donors (Lipinski definition) is 0. The summed E-state index contributed by atoms with van der Waals surface area (Å²) in [5.74, 6) is 0.363. The minimum Gasteiger partial charge on any atom is -0.451 e. The average molecular weight is 342 g/mol. The summed E-state index contributed by atoms with van der Waals surface area (Å²) in [6.07, 6.45) is 1.45. The molecule has 0 aliphatic carbocycles. The van der Waals surface area contributed by atoms with Crippen molar-refractivity contribution < 1.29 is 18.7 Å². The Morgan fingerprint density at radius 3 is 2.48 bits per heavy atom. The van der Waals surface area contributed by atoms with Crippen LogP contribution in [0, 0.1) is 6.92 Å². The maximum absolute atomic E-state index is 12.8. The van der Waals surface area contributed by atoms with Crippen LogP contribution in [0.3, 0.4) is 0 Å². The predicted octanol–water partition coefficient (Wildman–Crippen LogP) is 2.20. The molecule has 0 unspecified atom stereocenters. The zero-order chi connectivity index (χ0) is 17.4. The van der Waals surface area contributed by atoms with Gasteiger partial charge in [0.05, 0.1) is 0 Å². The van der Waals surface area contributed by atoms with E-state index in [1.165, 1.54) is 0 Å². The quantitative estimate of drug-likeness (QED) is 0.839. The fraction of sp³-hybridized carbons (Fsp3) is 0.474. The first-order chi connectivity index (χ1) is 12.1. The Labute approximate surface area is 146 Å². The first kappa shape index (κ1) is 16.1. The molecule has 0 spiro atoms. The molecule has 2 fully saturated rings. The molecule has 1 atom stereocenters. The first-order valence-corrected chi connectivity index (χ1v) is 8.83. The maximum Gasteiger partial charge on any atom is 0.290 e. The van der Waals surface area contributed by atoms with E-state index in [1.807, 2.05) is 36.1 Å². The highest BCUT2D eigenvalue weighted by Gasteiger charge is 2.32. The van der Waals surface area contributed by atoms with Crippen molar-refractivity contribution in [2.24, 2.45) is 0 Å². The minimum absolute atomic E-state index is 0.0597. The molecule has 0 N–H and O–H groups in total. The third-order valence-electron chi connectivity index (χ3n) is 5.12. The molecule has 1 aromatic heterocycles. The Kier molecular flexibility index (Phi) is 4.21. The fourth-order valence-corrected chi connectivity index (χ4v) is 3.63. The normalized spacial score (nSPS) is 21.1. The van der Waals surface area contributed by atoms with Gasteiger partial charge in [-0.3, -0.25) is 9.59 Å². The van der Waals surface area contributed by atoms with Crippen LogP contribution in [0.15, 0.2) is 28.7 Å². The van der Waals surface area contributed by atoms with Crippen molar-refractivity contribution in [2.75, 3.05) is 32.8 Å². The molecule has 6 nitrogen and oxygen atoms in total. The monoisotopic (exact) mass is 342 g/mol. The largest absolute Gasteiger partial charge is 0.451 e. The van der Waals surface area contributed by atoms with Gasteiger partial charge < -0.3 is 19.0 Å². The van der Waals surface area contributed by atoms with E-state index in [9.17, 15) is 9.59 Å². The van der Waals surface area contributed by atoms with Crippen LogP contribution < -0.4 is 0 Å².